The summed E-state index contributed by atoms with van der Waals surface area (Å²) >= 11 is 3.38. The van der Waals surface area contributed by atoms with Crippen molar-refractivity contribution in [2.45, 2.75) is 12.8 Å². The van der Waals surface area contributed by atoms with Gasteiger partial charge in [0.1, 0.15) is 0 Å². The first-order valence-corrected chi connectivity index (χ1v) is 8.65. The Labute approximate surface area is 148 Å². The smallest absolute Gasteiger partial charge is 0.267 e. The van der Waals surface area contributed by atoms with Gasteiger partial charge in [-0.3, -0.25) is 4.79 Å². The highest BCUT2D eigenvalue weighted by Gasteiger charge is 2.15. The van der Waals surface area contributed by atoms with Crippen LogP contribution in [0.4, 0.5) is 0 Å². The number of benzene rings is 3. The van der Waals surface area contributed by atoms with E-state index in [1.807, 2.05) is 18.2 Å². The molecule has 1 aliphatic carbocycles. The molecule has 3 aromatic rings. The van der Waals surface area contributed by atoms with Gasteiger partial charge in [-0.05, 0) is 62.8 Å². The predicted octanol–water partition coefficient (Wildman–Crippen LogP) is 4.46. The van der Waals surface area contributed by atoms with Crippen LogP contribution < -0.4 is 5.43 Å². The first-order chi connectivity index (χ1) is 11.7. The van der Waals surface area contributed by atoms with Gasteiger partial charge in [-0.25, -0.2) is 5.43 Å². The molecule has 1 amide bonds. The largest absolute Gasteiger partial charge is 0.272 e. The van der Waals surface area contributed by atoms with Gasteiger partial charge in [-0.2, -0.15) is 5.10 Å². The number of carbonyl (C=O) groups is 1. The quantitative estimate of drug-likeness (QED) is 0.530. The van der Waals surface area contributed by atoms with Crippen molar-refractivity contribution in [3.05, 3.63) is 81.3 Å². The van der Waals surface area contributed by atoms with Crippen LogP contribution in [0.25, 0.3) is 10.8 Å². The Morgan fingerprint density at radius 2 is 1.79 bits per heavy atom. The number of nitrogens with one attached hydrogen (secondary N) is 1. The minimum Gasteiger partial charge on any atom is -0.267 e. The Morgan fingerprint density at radius 1 is 1.00 bits per heavy atom. The Morgan fingerprint density at radius 3 is 2.62 bits per heavy atom. The highest BCUT2D eigenvalue weighted by molar-refractivity contribution is 9.10. The number of hydrogen-bond donors (Lipinski definition) is 1. The predicted molar refractivity (Wildman–Crippen MR) is 101 cm³/mol. The van der Waals surface area contributed by atoms with E-state index in [-0.39, 0.29) is 5.91 Å². The van der Waals surface area contributed by atoms with E-state index in [0.717, 1.165) is 22.9 Å². The lowest BCUT2D eigenvalue weighted by Gasteiger charge is -2.05. The molecular weight excluding hydrogens is 364 g/mol. The molecule has 3 nitrogen and oxygen atoms in total. The van der Waals surface area contributed by atoms with E-state index in [1.54, 1.807) is 12.3 Å². The minimum atomic E-state index is -0.232. The number of hydrogen-bond acceptors (Lipinski definition) is 2. The second kappa shape index (κ2) is 6.21. The molecule has 0 saturated carbocycles. The molecule has 0 spiro atoms. The van der Waals surface area contributed by atoms with Gasteiger partial charge in [0.25, 0.3) is 5.91 Å². The van der Waals surface area contributed by atoms with E-state index < -0.39 is 0 Å². The normalized spacial score (nSPS) is 12.9. The zero-order chi connectivity index (χ0) is 16.5. The number of carbonyl (C=O) groups excluding carboxylic acids is 1. The molecule has 0 aliphatic heterocycles. The fourth-order valence-electron chi connectivity index (χ4n) is 3.25. The lowest BCUT2D eigenvalue weighted by molar-refractivity contribution is 0.0954. The Kier molecular flexibility index (Phi) is 3.90. The molecule has 3 aromatic carbocycles. The van der Waals surface area contributed by atoms with Crippen LogP contribution in [0.5, 0.6) is 0 Å². The summed E-state index contributed by atoms with van der Waals surface area (Å²) in [6, 6.07) is 17.9. The fourth-order valence-corrected chi connectivity index (χ4v) is 3.71. The van der Waals surface area contributed by atoms with E-state index in [4.69, 9.17) is 0 Å². The minimum absolute atomic E-state index is 0.232. The number of aryl methyl sites for hydroxylation is 2. The summed E-state index contributed by atoms with van der Waals surface area (Å²) in [4.78, 5) is 12.2. The number of halogens is 1. The van der Waals surface area contributed by atoms with Crippen LogP contribution in [-0.2, 0) is 12.8 Å². The number of amides is 1. The molecular formula is C20H15BrN2O. The van der Waals surface area contributed by atoms with Crippen LogP contribution in [0.3, 0.4) is 0 Å². The molecule has 1 aliphatic rings. The second-order valence-corrected chi connectivity index (χ2v) is 6.69. The van der Waals surface area contributed by atoms with Gasteiger partial charge in [0, 0.05) is 10.0 Å². The van der Waals surface area contributed by atoms with E-state index in [9.17, 15) is 4.79 Å². The third kappa shape index (κ3) is 2.63. The van der Waals surface area contributed by atoms with E-state index >= 15 is 0 Å². The Balaban J connectivity index is 1.60. The molecule has 0 saturated heterocycles. The SMILES string of the molecule is O=C(N/N=C\c1ccc2c3c(cccc13)CC2)c1ccccc1Br. The lowest BCUT2D eigenvalue weighted by Crippen LogP contribution is -2.18. The highest BCUT2D eigenvalue weighted by Crippen LogP contribution is 2.32. The summed E-state index contributed by atoms with van der Waals surface area (Å²) in [6.45, 7) is 0. The number of hydrazone groups is 1. The molecule has 24 heavy (non-hydrogen) atoms. The summed E-state index contributed by atoms with van der Waals surface area (Å²) in [7, 11) is 0. The molecule has 0 bridgehead atoms. The van der Waals surface area contributed by atoms with Crippen LogP contribution in [0, 0.1) is 0 Å². The van der Waals surface area contributed by atoms with E-state index in [1.165, 1.54) is 21.9 Å². The standard InChI is InChI=1S/C20H15BrN2O/c21-18-7-2-1-5-17(18)20(24)23-22-12-15-11-10-14-9-8-13-4-3-6-16(15)19(13)14/h1-7,10-12H,8-9H2,(H,23,24)/b22-12-. The van der Waals surface area contributed by atoms with Crippen LogP contribution in [0.1, 0.15) is 27.0 Å². The zero-order valence-electron chi connectivity index (χ0n) is 12.9. The van der Waals surface area contributed by atoms with Crippen molar-refractivity contribution in [1.29, 1.82) is 0 Å². The molecule has 0 fully saturated rings. The lowest BCUT2D eigenvalue weighted by atomic mass is 10.0. The van der Waals surface area contributed by atoms with Crippen LogP contribution in [-0.4, -0.2) is 12.1 Å². The van der Waals surface area contributed by atoms with E-state index in [2.05, 4.69) is 56.8 Å². The summed E-state index contributed by atoms with van der Waals surface area (Å²) in [5.74, 6) is -0.232. The first-order valence-electron chi connectivity index (χ1n) is 7.85. The van der Waals surface area contributed by atoms with Crippen molar-refractivity contribution in [3.63, 3.8) is 0 Å². The van der Waals surface area contributed by atoms with Gasteiger partial charge in [0.2, 0.25) is 0 Å². The molecule has 4 heteroatoms. The third-order valence-corrected chi connectivity index (χ3v) is 5.09. The Hall–Kier alpha value is -2.46. The molecule has 1 N–H and O–H groups in total. The summed E-state index contributed by atoms with van der Waals surface area (Å²) in [5, 5.41) is 6.69. The van der Waals surface area contributed by atoms with Crippen molar-refractivity contribution < 1.29 is 4.79 Å². The summed E-state index contributed by atoms with van der Waals surface area (Å²) in [6.07, 6.45) is 3.92. The maximum atomic E-state index is 12.2. The molecule has 4 rings (SSSR count). The molecule has 0 radical (unpaired) electrons. The van der Waals surface area contributed by atoms with Crippen LogP contribution >= 0.6 is 15.9 Å². The van der Waals surface area contributed by atoms with Crippen LogP contribution in [0.2, 0.25) is 0 Å². The fraction of sp³-hybridized carbons (Fsp3) is 0.100. The van der Waals surface area contributed by atoms with Gasteiger partial charge in [0.05, 0.1) is 11.8 Å². The highest BCUT2D eigenvalue weighted by atomic mass is 79.9. The molecule has 0 aromatic heterocycles. The molecule has 0 heterocycles. The van der Waals surface area contributed by atoms with Crippen molar-refractivity contribution in [2.75, 3.05) is 0 Å². The monoisotopic (exact) mass is 378 g/mol. The molecule has 118 valence electrons. The van der Waals surface area contributed by atoms with Gasteiger partial charge in [-0.1, -0.05) is 42.5 Å². The Bertz CT molecular complexity index is 968. The second-order valence-electron chi connectivity index (χ2n) is 5.83. The van der Waals surface area contributed by atoms with Crippen molar-refractivity contribution in [3.8, 4) is 0 Å². The first kappa shape index (κ1) is 15.1. The van der Waals surface area contributed by atoms with Crippen molar-refractivity contribution >= 4 is 38.8 Å². The molecule has 0 atom stereocenters. The molecule has 0 unspecified atom stereocenters. The van der Waals surface area contributed by atoms with E-state index in [0.29, 0.717) is 5.56 Å². The third-order valence-electron chi connectivity index (χ3n) is 4.40. The summed E-state index contributed by atoms with van der Waals surface area (Å²) < 4.78 is 0.753. The average molecular weight is 379 g/mol. The van der Waals surface area contributed by atoms with Gasteiger partial charge in [-0.15, -0.1) is 0 Å². The number of nitrogens with zero attached hydrogens (tertiary/aromatic N) is 1. The number of rotatable bonds is 3. The van der Waals surface area contributed by atoms with Gasteiger partial charge in [0.15, 0.2) is 0 Å². The maximum absolute atomic E-state index is 12.2. The van der Waals surface area contributed by atoms with Gasteiger partial charge < -0.3 is 0 Å². The van der Waals surface area contributed by atoms with Crippen LogP contribution in [0.15, 0.2) is 64.2 Å². The van der Waals surface area contributed by atoms with Crippen molar-refractivity contribution in [2.24, 2.45) is 5.10 Å². The van der Waals surface area contributed by atoms with Crippen molar-refractivity contribution in [1.82, 2.24) is 5.43 Å². The summed E-state index contributed by atoms with van der Waals surface area (Å²) in [5.41, 5.74) is 6.98. The topological polar surface area (TPSA) is 41.5 Å². The average Bonchev–Trinajstić information content (AvgIpc) is 3.02. The maximum Gasteiger partial charge on any atom is 0.272 e. The zero-order valence-corrected chi connectivity index (χ0v) is 14.5. The van der Waals surface area contributed by atoms with Gasteiger partial charge >= 0.3 is 0 Å².